The Kier molecular flexibility index (Phi) is 4.31. The second-order valence-corrected chi connectivity index (χ2v) is 7.75. The van der Waals surface area contributed by atoms with Crippen LogP contribution in [0.5, 0.6) is 0 Å². The number of hydrogen-bond acceptors (Lipinski definition) is 2. The largest absolute Gasteiger partial charge is 0.358 e. The van der Waals surface area contributed by atoms with Crippen LogP contribution in [0, 0.1) is 19.7 Å². The minimum absolute atomic E-state index is 0. The van der Waals surface area contributed by atoms with Crippen LogP contribution in [0.1, 0.15) is 4.88 Å². The second-order valence-electron chi connectivity index (χ2n) is 3.04. The zero-order valence-corrected chi connectivity index (χ0v) is 14.1. The predicted molar refractivity (Wildman–Crippen MR) is 61.1 cm³/mol. The molecule has 0 N–H and O–H groups in total. The topological polar surface area (TPSA) is 0 Å². The smallest absolute Gasteiger partial charge is 0.310 e. The molecule has 2 rings (SSSR count). The molecule has 0 aromatic carbocycles. The first-order valence-corrected chi connectivity index (χ1v) is 7.20. The van der Waals surface area contributed by atoms with E-state index in [-0.39, 0.29) is 61.6 Å². The third-order valence-corrected chi connectivity index (χ3v) is 5.81. The van der Waals surface area contributed by atoms with Crippen LogP contribution >= 0.6 is 32.9 Å². The van der Waals surface area contributed by atoms with Gasteiger partial charge in [-0.2, -0.15) is 11.3 Å². The van der Waals surface area contributed by atoms with Crippen LogP contribution < -0.4 is 0 Å². The number of halogens is 5. The first kappa shape index (κ1) is 17.8. The fourth-order valence-electron chi connectivity index (χ4n) is 1.07. The monoisotopic (exact) mass is 383 g/mol. The molecule has 0 nitrogen and oxygen atoms in total. The van der Waals surface area contributed by atoms with Crippen LogP contribution in [0.2, 0.25) is 0 Å². The molecule has 0 spiro atoms. The summed E-state index contributed by atoms with van der Waals surface area (Å²) in [6.07, 6.45) is 0. The van der Waals surface area contributed by atoms with Crippen molar-refractivity contribution in [3.63, 3.8) is 0 Å². The number of aryl methyl sites for hydroxylation is 1. The van der Waals surface area contributed by atoms with Crippen molar-refractivity contribution >= 4 is 43.0 Å². The summed E-state index contributed by atoms with van der Waals surface area (Å²) in [7, 11) is -9.50. The number of thiophene rings is 2. The fraction of sp³-hybridized carbons (Fsp3) is 0.125. The van der Waals surface area contributed by atoms with Crippen LogP contribution in [-0.2, 0) is 32.7 Å². The van der Waals surface area contributed by atoms with Gasteiger partial charge >= 0.3 is 10.2 Å². The van der Waals surface area contributed by atoms with E-state index in [2.05, 4.69) is 5.38 Å². The van der Waals surface area contributed by atoms with Gasteiger partial charge in [-0.3, -0.25) is 11.3 Å². The maximum absolute atomic E-state index is 12.4. The summed E-state index contributed by atoms with van der Waals surface area (Å²) >= 11 is 1.22. The molecule has 0 bridgehead atoms. The minimum atomic E-state index is -9.50. The molecule has 2 aromatic rings. The van der Waals surface area contributed by atoms with Gasteiger partial charge in [0.05, 0.1) is 0 Å². The molecule has 0 saturated heterocycles. The Bertz CT molecular complexity index is 538. The summed E-state index contributed by atoms with van der Waals surface area (Å²) in [6, 6.07) is 0.477. The number of rotatable bonds is 1. The van der Waals surface area contributed by atoms with E-state index in [9.17, 15) is 19.4 Å². The Morgan fingerprint density at radius 2 is 1.71 bits per heavy atom. The second kappa shape index (κ2) is 4.13. The van der Waals surface area contributed by atoms with E-state index >= 15 is 0 Å². The van der Waals surface area contributed by atoms with E-state index in [4.69, 9.17) is 0 Å². The number of hydrogen-bond donors (Lipinski definition) is 0. The van der Waals surface area contributed by atoms with Crippen molar-refractivity contribution in [2.75, 3.05) is 0 Å². The Hall–Kier alpha value is 0.764. The van der Waals surface area contributed by atoms with Crippen molar-refractivity contribution in [3.8, 4) is 0 Å². The zero-order chi connectivity index (χ0) is 11.5. The Morgan fingerprint density at radius 3 is 2.12 bits per heavy atom. The van der Waals surface area contributed by atoms with Crippen molar-refractivity contribution in [3.05, 3.63) is 23.8 Å². The van der Waals surface area contributed by atoms with E-state index in [0.29, 0.717) is 10.9 Å². The van der Waals surface area contributed by atoms with Crippen LogP contribution in [0.25, 0.3) is 10.1 Å². The van der Waals surface area contributed by atoms with E-state index < -0.39 is 14.4 Å². The quantitative estimate of drug-likeness (QED) is 0.408. The predicted octanol–water partition coefficient (Wildman–Crippen LogP) is 6.18. The molecule has 0 aliphatic carbocycles. The third kappa shape index (κ3) is 3.62. The summed E-state index contributed by atoms with van der Waals surface area (Å²) < 4.78 is 60.4. The standard InChI is InChI=1S/C7H4F5S3.CH3.Y/c1-4-7-5(3-13-4)2-6(14-7)15(8,9,10,11)12;;/h2H,1H3;1H3;/q2*-1;. The van der Waals surface area contributed by atoms with E-state index in [0.717, 1.165) is 11.3 Å². The molecule has 0 fully saturated rings. The van der Waals surface area contributed by atoms with Crippen molar-refractivity contribution in [1.82, 2.24) is 0 Å². The van der Waals surface area contributed by atoms with Crippen LogP contribution in [0.3, 0.4) is 0 Å². The van der Waals surface area contributed by atoms with Crippen molar-refractivity contribution in [2.24, 2.45) is 0 Å². The van der Waals surface area contributed by atoms with Gasteiger partial charge in [0, 0.05) is 32.7 Å². The van der Waals surface area contributed by atoms with E-state index in [1.807, 2.05) is 0 Å². The van der Waals surface area contributed by atoms with Gasteiger partial charge in [-0.15, -0.1) is 11.5 Å². The average molecular weight is 383 g/mol. The van der Waals surface area contributed by atoms with Gasteiger partial charge in [-0.05, 0) is 0 Å². The molecule has 1 radical (unpaired) electrons. The molecule has 2 heterocycles. The van der Waals surface area contributed by atoms with Gasteiger partial charge < -0.3 is 7.43 Å². The van der Waals surface area contributed by atoms with E-state index in [1.54, 1.807) is 6.92 Å². The fourth-order valence-corrected chi connectivity index (χ4v) is 3.98. The summed E-state index contributed by atoms with van der Waals surface area (Å²) in [4.78, 5) is 0.572. The SMILES string of the molecule is Cc1s[c-]c2cc(S(F)(F)(F)(F)F)sc12.[CH3-].[Y]. The molecule has 2 aromatic heterocycles. The van der Waals surface area contributed by atoms with Gasteiger partial charge in [-0.25, -0.2) is 0 Å². The first-order valence-electron chi connectivity index (χ1n) is 3.62. The maximum Gasteiger partial charge on any atom is 0.310 e. The van der Waals surface area contributed by atoms with Crippen LogP contribution in [0.15, 0.2) is 10.3 Å². The Morgan fingerprint density at radius 1 is 1.18 bits per heavy atom. The summed E-state index contributed by atoms with van der Waals surface area (Å²) in [6.45, 7) is 1.58. The molecule has 0 aliphatic heterocycles. The average Bonchev–Trinajstić information content (AvgIpc) is 2.48. The molecule has 0 saturated carbocycles. The minimum Gasteiger partial charge on any atom is -0.358 e. The molecule has 17 heavy (non-hydrogen) atoms. The molecular formula is C8H7F5S3Y-2. The number of fused-ring (bicyclic) bond motifs is 1. The molecule has 0 amide bonds. The summed E-state index contributed by atoms with van der Waals surface area (Å²) in [5, 5.41) is 2.67. The molecule has 97 valence electrons. The van der Waals surface area contributed by atoms with Crippen LogP contribution in [-0.4, -0.2) is 0 Å². The van der Waals surface area contributed by atoms with Crippen LogP contribution in [0.4, 0.5) is 19.4 Å². The van der Waals surface area contributed by atoms with E-state index in [1.165, 1.54) is 0 Å². The third-order valence-electron chi connectivity index (χ3n) is 1.72. The molecular weight excluding hydrogens is 376 g/mol. The van der Waals surface area contributed by atoms with Gasteiger partial charge in [-0.1, -0.05) is 41.3 Å². The summed E-state index contributed by atoms with van der Waals surface area (Å²) in [5.41, 5.74) is 0. The van der Waals surface area contributed by atoms with Gasteiger partial charge in [0.15, 0.2) is 0 Å². The maximum atomic E-state index is 12.4. The molecule has 0 aliphatic rings. The zero-order valence-electron chi connectivity index (χ0n) is 8.77. The molecule has 9 heteroatoms. The van der Waals surface area contributed by atoms with Gasteiger partial charge in [0.1, 0.15) is 4.21 Å². The van der Waals surface area contributed by atoms with Crippen molar-refractivity contribution in [2.45, 2.75) is 11.1 Å². The molecule has 0 unspecified atom stereocenters. The summed E-state index contributed by atoms with van der Waals surface area (Å²) in [5.74, 6) is 0. The molecule has 0 atom stereocenters. The Labute approximate surface area is 129 Å². The van der Waals surface area contributed by atoms with Crippen molar-refractivity contribution in [1.29, 1.82) is 0 Å². The van der Waals surface area contributed by atoms with Gasteiger partial charge in [0.25, 0.3) is 0 Å². The van der Waals surface area contributed by atoms with Gasteiger partial charge in [0.2, 0.25) is 0 Å². The normalized spacial score (nSPS) is 15.6. The van der Waals surface area contributed by atoms with Crippen molar-refractivity contribution < 1.29 is 52.1 Å². The Balaban J connectivity index is 0.00000128. The first-order chi connectivity index (χ1) is 6.47.